The lowest BCUT2D eigenvalue weighted by Crippen LogP contribution is -2.09. The van der Waals surface area contributed by atoms with Crippen LogP contribution in [0.1, 0.15) is 19.4 Å². The van der Waals surface area contributed by atoms with Gasteiger partial charge in [0.1, 0.15) is 5.75 Å². The van der Waals surface area contributed by atoms with E-state index in [-0.39, 0.29) is 4.75 Å². The highest BCUT2D eigenvalue weighted by molar-refractivity contribution is 9.10. The van der Waals surface area contributed by atoms with Crippen molar-refractivity contribution in [3.8, 4) is 5.75 Å². The lowest BCUT2D eigenvalue weighted by Gasteiger charge is -2.21. The van der Waals surface area contributed by atoms with Crippen LogP contribution in [0.3, 0.4) is 0 Å². The van der Waals surface area contributed by atoms with Crippen molar-refractivity contribution in [1.29, 1.82) is 0 Å². The zero-order valence-electron chi connectivity index (χ0n) is 7.97. The van der Waals surface area contributed by atoms with Gasteiger partial charge in [-0.25, -0.2) is 0 Å². The van der Waals surface area contributed by atoms with E-state index in [4.69, 9.17) is 4.74 Å². The highest BCUT2D eigenvalue weighted by Gasteiger charge is 2.19. The van der Waals surface area contributed by atoms with Crippen molar-refractivity contribution in [3.05, 3.63) is 28.2 Å². The number of hydrogen-bond donors (Lipinski definition) is 1. The van der Waals surface area contributed by atoms with Gasteiger partial charge in [0.15, 0.2) is 0 Å². The van der Waals surface area contributed by atoms with Crippen molar-refractivity contribution in [2.75, 3.05) is 7.11 Å². The van der Waals surface area contributed by atoms with Gasteiger partial charge in [-0.05, 0) is 32.0 Å². The first kappa shape index (κ1) is 10.9. The summed E-state index contributed by atoms with van der Waals surface area (Å²) in [5, 5.41) is 0. The number of halogens is 1. The van der Waals surface area contributed by atoms with Gasteiger partial charge in [0, 0.05) is 14.8 Å². The largest absolute Gasteiger partial charge is 0.496 e. The normalized spacial score (nSPS) is 11.5. The molecule has 0 bridgehead atoms. The quantitative estimate of drug-likeness (QED) is 0.800. The van der Waals surface area contributed by atoms with E-state index < -0.39 is 0 Å². The molecule has 1 aromatic carbocycles. The molecule has 0 spiro atoms. The maximum Gasteiger partial charge on any atom is 0.123 e. The molecule has 0 atom stereocenters. The standard InChI is InChI=1S/C10H13BrOS/c1-10(2,13)8-6-7(11)4-5-9(8)12-3/h4-6,13H,1-3H3. The summed E-state index contributed by atoms with van der Waals surface area (Å²) in [6.07, 6.45) is 0. The highest BCUT2D eigenvalue weighted by atomic mass is 79.9. The van der Waals surface area contributed by atoms with Crippen LogP contribution in [0.2, 0.25) is 0 Å². The number of ether oxygens (including phenoxy) is 1. The van der Waals surface area contributed by atoms with Crippen molar-refractivity contribution in [2.45, 2.75) is 18.6 Å². The van der Waals surface area contributed by atoms with Crippen molar-refractivity contribution in [2.24, 2.45) is 0 Å². The van der Waals surface area contributed by atoms with Crippen LogP contribution in [0.5, 0.6) is 5.75 Å². The first-order valence-electron chi connectivity index (χ1n) is 4.01. The Morgan fingerprint density at radius 2 is 2.00 bits per heavy atom. The summed E-state index contributed by atoms with van der Waals surface area (Å²) in [6, 6.07) is 5.94. The number of thiol groups is 1. The highest BCUT2D eigenvalue weighted by Crippen LogP contribution is 2.36. The zero-order chi connectivity index (χ0) is 10.1. The maximum atomic E-state index is 5.26. The van der Waals surface area contributed by atoms with E-state index >= 15 is 0 Å². The van der Waals surface area contributed by atoms with Gasteiger partial charge in [-0.15, -0.1) is 0 Å². The number of rotatable bonds is 2. The fourth-order valence-corrected chi connectivity index (χ4v) is 1.69. The molecule has 0 aliphatic heterocycles. The molecule has 1 nitrogen and oxygen atoms in total. The number of methoxy groups -OCH3 is 1. The molecule has 0 saturated carbocycles. The smallest absolute Gasteiger partial charge is 0.123 e. The first-order valence-corrected chi connectivity index (χ1v) is 5.25. The van der Waals surface area contributed by atoms with Gasteiger partial charge in [-0.1, -0.05) is 15.9 Å². The summed E-state index contributed by atoms with van der Waals surface area (Å²) in [6.45, 7) is 4.08. The summed E-state index contributed by atoms with van der Waals surface area (Å²) in [7, 11) is 1.67. The predicted octanol–water partition coefficient (Wildman–Crippen LogP) is 3.62. The lowest BCUT2D eigenvalue weighted by molar-refractivity contribution is 0.406. The molecular formula is C10H13BrOS. The molecular weight excluding hydrogens is 248 g/mol. The second kappa shape index (κ2) is 3.93. The van der Waals surface area contributed by atoms with E-state index in [0.29, 0.717) is 0 Å². The Morgan fingerprint density at radius 1 is 1.38 bits per heavy atom. The lowest BCUT2D eigenvalue weighted by atomic mass is 10.0. The molecule has 0 aliphatic carbocycles. The molecule has 0 heterocycles. The zero-order valence-corrected chi connectivity index (χ0v) is 10.4. The third-order valence-electron chi connectivity index (χ3n) is 1.82. The molecule has 0 N–H and O–H groups in total. The molecule has 0 aliphatic rings. The van der Waals surface area contributed by atoms with Gasteiger partial charge < -0.3 is 4.74 Å². The van der Waals surface area contributed by atoms with Crippen molar-refractivity contribution >= 4 is 28.6 Å². The van der Waals surface area contributed by atoms with E-state index in [9.17, 15) is 0 Å². The Hall–Kier alpha value is -0.150. The van der Waals surface area contributed by atoms with Crippen LogP contribution in [0.4, 0.5) is 0 Å². The molecule has 0 unspecified atom stereocenters. The Morgan fingerprint density at radius 3 is 2.46 bits per heavy atom. The van der Waals surface area contributed by atoms with Gasteiger partial charge >= 0.3 is 0 Å². The summed E-state index contributed by atoms with van der Waals surface area (Å²) in [4.78, 5) is 0. The van der Waals surface area contributed by atoms with Crippen LogP contribution in [-0.2, 0) is 4.75 Å². The molecule has 0 saturated heterocycles. The Kier molecular flexibility index (Phi) is 3.30. The fourth-order valence-electron chi connectivity index (χ4n) is 1.16. The van der Waals surface area contributed by atoms with Crippen molar-refractivity contribution in [1.82, 2.24) is 0 Å². The third-order valence-corrected chi connectivity index (χ3v) is 2.55. The minimum absolute atomic E-state index is 0.185. The molecule has 0 radical (unpaired) electrons. The minimum Gasteiger partial charge on any atom is -0.496 e. The average molecular weight is 261 g/mol. The minimum atomic E-state index is -0.185. The van der Waals surface area contributed by atoms with Crippen LogP contribution < -0.4 is 4.74 Å². The second-order valence-corrected chi connectivity index (χ2v) is 5.44. The molecule has 1 aromatic rings. The van der Waals surface area contributed by atoms with Gasteiger partial charge in [-0.3, -0.25) is 0 Å². The summed E-state index contributed by atoms with van der Waals surface area (Å²) < 4.78 is 6.12. The van der Waals surface area contributed by atoms with Gasteiger partial charge in [0.25, 0.3) is 0 Å². The molecule has 0 aromatic heterocycles. The summed E-state index contributed by atoms with van der Waals surface area (Å²) in [5.41, 5.74) is 1.09. The van der Waals surface area contributed by atoms with Gasteiger partial charge in [0.05, 0.1) is 7.11 Å². The SMILES string of the molecule is COc1ccc(Br)cc1C(C)(C)S. The third kappa shape index (κ3) is 2.64. The van der Waals surface area contributed by atoms with E-state index in [1.165, 1.54) is 0 Å². The van der Waals surface area contributed by atoms with Crippen LogP contribution in [0.25, 0.3) is 0 Å². The van der Waals surface area contributed by atoms with E-state index in [2.05, 4.69) is 28.6 Å². The monoisotopic (exact) mass is 260 g/mol. The van der Waals surface area contributed by atoms with E-state index in [1.54, 1.807) is 7.11 Å². The van der Waals surface area contributed by atoms with E-state index in [1.807, 2.05) is 32.0 Å². The van der Waals surface area contributed by atoms with Crippen LogP contribution >= 0.6 is 28.6 Å². The van der Waals surface area contributed by atoms with Gasteiger partial charge in [-0.2, -0.15) is 12.6 Å². The van der Waals surface area contributed by atoms with E-state index in [0.717, 1.165) is 15.8 Å². The van der Waals surface area contributed by atoms with Crippen LogP contribution in [-0.4, -0.2) is 7.11 Å². The second-order valence-electron chi connectivity index (χ2n) is 3.40. The Balaban J connectivity index is 3.24. The van der Waals surface area contributed by atoms with Crippen LogP contribution in [0.15, 0.2) is 22.7 Å². The molecule has 0 fully saturated rings. The Bertz CT molecular complexity index is 304. The van der Waals surface area contributed by atoms with Crippen LogP contribution in [0, 0.1) is 0 Å². The van der Waals surface area contributed by atoms with Gasteiger partial charge in [0.2, 0.25) is 0 Å². The van der Waals surface area contributed by atoms with Crippen molar-refractivity contribution < 1.29 is 4.74 Å². The summed E-state index contributed by atoms with van der Waals surface area (Å²) >= 11 is 7.94. The molecule has 0 amide bonds. The number of benzene rings is 1. The first-order chi connectivity index (χ1) is 5.95. The fraction of sp³-hybridized carbons (Fsp3) is 0.400. The predicted molar refractivity (Wildman–Crippen MR) is 62.7 cm³/mol. The maximum absolute atomic E-state index is 5.26. The molecule has 72 valence electrons. The van der Waals surface area contributed by atoms with Crippen molar-refractivity contribution in [3.63, 3.8) is 0 Å². The molecule has 3 heteroatoms. The topological polar surface area (TPSA) is 9.23 Å². The molecule has 1 rings (SSSR count). The average Bonchev–Trinajstić information content (AvgIpc) is 2.03. The molecule has 13 heavy (non-hydrogen) atoms. The summed E-state index contributed by atoms with van der Waals surface area (Å²) in [5.74, 6) is 0.878. The number of hydrogen-bond acceptors (Lipinski definition) is 2. The Labute approximate surface area is 93.0 Å².